The Balaban J connectivity index is 1.62. The molecule has 0 bridgehead atoms. The van der Waals surface area contributed by atoms with E-state index in [4.69, 9.17) is 4.74 Å². The van der Waals surface area contributed by atoms with E-state index in [-0.39, 0.29) is 18.6 Å². The molecule has 0 aliphatic carbocycles. The summed E-state index contributed by atoms with van der Waals surface area (Å²) in [7, 11) is 3.45. The van der Waals surface area contributed by atoms with Crippen LogP contribution in [0.25, 0.3) is 0 Å². The molecule has 0 fully saturated rings. The van der Waals surface area contributed by atoms with Crippen LogP contribution in [0.3, 0.4) is 0 Å². The number of rotatable bonds is 6. The van der Waals surface area contributed by atoms with Crippen LogP contribution in [0.4, 0.5) is 0 Å². The Hall–Kier alpha value is -2.25. The van der Waals surface area contributed by atoms with E-state index < -0.39 is 0 Å². The first-order valence-electron chi connectivity index (χ1n) is 8.51. The van der Waals surface area contributed by atoms with E-state index >= 15 is 0 Å². The number of hydrogen-bond donors (Lipinski definition) is 0. The van der Waals surface area contributed by atoms with Gasteiger partial charge in [-0.1, -0.05) is 6.07 Å². The molecule has 1 atom stereocenters. The molecular formula is C18H25N5O2. The zero-order chi connectivity index (χ0) is 17.8. The van der Waals surface area contributed by atoms with E-state index in [1.165, 1.54) is 10.5 Å². The van der Waals surface area contributed by atoms with Crippen molar-refractivity contribution in [1.82, 2.24) is 24.3 Å². The van der Waals surface area contributed by atoms with Gasteiger partial charge >= 0.3 is 0 Å². The number of imidazole rings is 1. The molecule has 134 valence electrons. The summed E-state index contributed by atoms with van der Waals surface area (Å²) in [5, 5.41) is 0. The number of fused-ring (bicyclic) bond motifs is 1. The van der Waals surface area contributed by atoms with Gasteiger partial charge in [0.05, 0.1) is 24.5 Å². The van der Waals surface area contributed by atoms with Crippen LogP contribution in [0.2, 0.25) is 0 Å². The SMILES string of the molecule is C[C@@H]1c2ncc(COCC(=O)N(C)C)n2CCN1Cc1cccnc1. The van der Waals surface area contributed by atoms with Crippen LogP contribution in [-0.2, 0) is 29.2 Å². The quantitative estimate of drug-likeness (QED) is 0.795. The van der Waals surface area contributed by atoms with Crippen LogP contribution in [0.5, 0.6) is 0 Å². The minimum Gasteiger partial charge on any atom is -0.365 e. The van der Waals surface area contributed by atoms with Gasteiger partial charge < -0.3 is 14.2 Å². The average molecular weight is 343 g/mol. The molecular weight excluding hydrogens is 318 g/mol. The molecule has 3 heterocycles. The predicted molar refractivity (Wildman–Crippen MR) is 93.6 cm³/mol. The van der Waals surface area contributed by atoms with E-state index in [1.807, 2.05) is 18.5 Å². The monoisotopic (exact) mass is 343 g/mol. The van der Waals surface area contributed by atoms with Gasteiger partial charge in [-0.25, -0.2) is 4.98 Å². The second-order valence-corrected chi connectivity index (χ2v) is 6.55. The van der Waals surface area contributed by atoms with Gasteiger partial charge in [-0.15, -0.1) is 0 Å². The van der Waals surface area contributed by atoms with Crippen molar-refractivity contribution >= 4 is 5.91 Å². The van der Waals surface area contributed by atoms with Gasteiger partial charge in [-0.3, -0.25) is 14.7 Å². The molecule has 1 amide bonds. The summed E-state index contributed by atoms with van der Waals surface area (Å²) in [6, 6.07) is 4.29. The number of ether oxygens (including phenoxy) is 1. The highest BCUT2D eigenvalue weighted by Crippen LogP contribution is 2.26. The number of amides is 1. The third-order valence-corrected chi connectivity index (χ3v) is 4.58. The molecule has 7 heteroatoms. The zero-order valence-corrected chi connectivity index (χ0v) is 15.1. The number of pyridine rings is 1. The molecule has 1 aliphatic heterocycles. The maximum Gasteiger partial charge on any atom is 0.248 e. The molecule has 0 aromatic carbocycles. The van der Waals surface area contributed by atoms with E-state index in [2.05, 4.69) is 32.4 Å². The highest BCUT2D eigenvalue weighted by molar-refractivity contribution is 5.76. The second-order valence-electron chi connectivity index (χ2n) is 6.55. The van der Waals surface area contributed by atoms with Crippen molar-refractivity contribution in [3.05, 3.63) is 47.8 Å². The summed E-state index contributed by atoms with van der Waals surface area (Å²) in [4.78, 5) is 24.3. The van der Waals surface area contributed by atoms with Crippen molar-refractivity contribution < 1.29 is 9.53 Å². The molecule has 3 rings (SSSR count). The van der Waals surface area contributed by atoms with Crippen molar-refractivity contribution in [3.8, 4) is 0 Å². The first kappa shape index (κ1) is 17.6. The molecule has 25 heavy (non-hydrogen) atoms. The highest BCUT2D eigenvalue weighted by atomic mass is 16.5. The molecule has 7 nitrogen and oxygen atoms in total. The largest absolute Gasteiger partial charge is 0.365 e. The number of nitrogens with zero attached hydrogens (tertiary/aromatic N) is 5. The van der Waals surface area contributed by atoms with Gasteiger partial charge in [0.15, 0.2) is 0 Å². The topological polar surface area (TPSA) is 63.5 Å². The number of aromatic nitrogens is 3. The van der Waals surface area contributed by atoms with Crippen LogP contribution < -0.4 is 0 Å². The van der Waals surface area contributed by atoms with E-state index in [0.29, 0.717) is 6.61 Å². The summed E-state index contributed by atoms with van der Waals surface area (Å²) in [6.45, 7) is 5.36. The smallest absolute Gasteiger partial charge is 0.248 e. The van der Waals surface area contributed by atoms with Crippen molar-refractivity contribution in [2.45, 2.75) is 32.7 Å². The lowest BCUT2D eigenvalue weighted by Gasteiger charge is -2.34. The third kappa shape index (κ3) is 4.05. The zero-order valence-electron chi connectivity index (χ0n) is 15.1. The van der Waals surface area contributed by atoms with Crippen LogP contribution in [0.15, 0.2) is 30.7 Å². The Morgan fingerprint density at radius 2 is 2.20 bits per heavy atom. The van der Waals surface area contributed by atoms with Gasteiger partial charge in [-0.2, -0.15) is 0 Å². The highest BCUT2D eigenvalue weighted by Gasteiger charge is 2.27. The Bertz CT molecular complexity index is 714. The number of carbonyl (C=O) groups excluding carboxylic acids is 1. The number of hydrogen-bond acceptors (Lipinski definition) is 5. The van der Waals surface area contributed by atoms with Gasteiger partial charge in [0, 0.05) is 46.1 Å². The van der Waals surface area contributed by atoms with Gasteiger partial charge in [0.2, 0.25) is 5.91 Å². The summed E-state index contributed by atoms with van der Waals surface area (Å²) < 4.78 is 7.76. The van der Waals surface area contributed by atoms with E-state index in [0.717, 1.165) is 31.2 Å². The minimum absolute atomic E-state index is 0.0330. The Morgan fingerprint density at radius 3 is 2.92 bits per heavy atom. The van der Waals surface area contributed by atoms with Crippen LogP contribution in [-0.4, -0.2) is 57.5 Å². The molecule has 0 saturated heterocycles. The van der Waals surface area contributed by atoms with Crippen molar-refractivity contribution in [3.63, 3.8) is 0 Å². The Labute approximate surface area is 148 Å². The van der Waals surface area contributed by atoms with Crippen molar-refractivity contribution in [1.29, 1.82) is 0 Å². The molecule has 0 unspecified atom stereocenters. The molecule has 0 spiro atoms. The van der Waals surface area contributed by atoms with Crippen molar-refractivity contribution in [2.75, 3.05) is 27.2 Å². The predicted octanol–water partition coefficient (Wildman–Crippen LogP) is 1.46. The van der Waals surface area contributed by atoms with Crippen molar-refractivity contribution in [2.24, 2.45) is 0 Å². The summed E-state index contributed by atoms with van der Waals surface area (Å²) in [5.74, 6) is 1.02. The lowest BCUT2D eigenvalue weighted by Crippen LogP contribution is -2.37. The fraction of sp³-hybridized carbons (Fsp3) is 0.500. The van der Waals surface area contributed by atoms with Gasteiger partial charge in [0.25, 0.3) is 0 Å². The molecule has 0 saturated carbocycles. The first-order chi connectivity index (χ1) is 12.1. The van der Waals surface area contributed by atoms with Gasteiger partial charge in [0.1, 0.15) is 12.4 Å². The maximum absolute atomic E-state index is 11.6. The fourth-order valence-corrected chi connectivity index (χ4v) is 3.03. The number of carbonyl (C=O) groups is 1. The molecule has 0 N–H and O–H groups in total. The Kier molecular flexibility index (Phi) is 5.45. The van der Waals surface area contributed by atoms with E-state index in [9.17, 15) is 4.79 Å². The summed E-state index contributed by atoms with van der Waals surface area (Å²) in [6.07, 6.45) is 5.57. The fourth-order valence-electron chi connectivity index (χ4n) is 3.03. The third-order valence-electron chi connectivity index (χ3n) is 4.58. The molecule has 2 aromatic rings. The standard InChI is InChI=1S/C18H25N5O2/c1-14-18-20-10-16(12-25-13-17(24)21(2)3)23(18)8-7-22(14)11-15-5-4-6-19-9-15/h4-6,9-10,14H,7-8,11-13H2,1-3H3/t14-/m1/s1. The molecule has 2 aromatic heterocycles. The molecule has 0 radical (unpaired) electrons. The minimum atomic E-state index is -0.0330. The lowest BCUT2D eigenvalue weighted by atomic mass is 10.1. The molecule has 1 aliphatic rings. The summed E-state index contributed by atoms with van der Waals surface area (Å²) in [5.41, 5.74) is 2.23. The van der Waals surface area contributed by atoms with Crippen LogP contribution in [0, 0.1) is 0 Å². The normalized spacial score (nSPS) is 17.3. The van der Waals surface area contributed by atoms with Crippen LogP contribution in [0.1, 0.15) is 30.0 Å². The van der Waals surface area contributed by atoms with Gasteiger partial charge in [-0.05, 0) is 18.6 Å². The van der Waals surface area contributed by atoms with Crippen LogP contribution >= 0.6 is 0 Å². The Morgan fingerprint density at radius 1 is 1.36 bits per heavy atom. The lowest BCUT2D eigenvalue weighted by molar-refractivity contribution is -0.134. The maximum atomic E-state index is 11.6. The average Bonchev–Trinajstić information content (AvgIpc) is 3.02. The van der Waals surface area contributed by atoms with E-state index in [1.54, 1.807) is 20.3 Å². The first-order valence-corrected chi connectivity index (χ1v) is 8.51. The summed E-state index contributed by atoms with van der Waals surface area (Å²) >= 11 is 0. The second kappa shape index (κ2) is 7.76. The number of likely N-dealkylation sites (N-methyl/N-ethyl adjacent to an activating group) is 1.